The third kappa shape index (κ3) is 4.00. The topological polar surface area (TPSA) is 75.6 Å². The summed E-state index contributed by atoms with van der Waals surface area (Å²) in [6.07, 6.45) is 2.12. The average Bonchev–Trinajstić information content (AvgIpc) is 2.75. The first kappa shape index (κ1) is 14.0. The molecule has 0 saturated heterocycles. The Labute approximate surface area is 102 Å². The van der Waals surface area contributed by atoms with E-state index >= 15 is 0 Å². The van der Waals surface area contributed by atoms with Crippen molar-refractivity contribution in [1.29, 1.82) is 0 Å². The van der Waals surface area contributed by atoms with E-state index in [1.54, 1.807) is 7.11 Å². The minimum Gasteiger partial charge on any atom is -0.481 e. The number of hydrogen-bond acceptors (Lipinski definition) is 3. The summed E-state index contributed by atoms with van der Waals surface area (Å²) in [5.74, 6) is -1.60. The highest BCUT2D eigenvalue weighted by atomic mass is 16.5. The molecule has 98 valence electrons. The van der Waals surface area contributed by atoms with Gasteiger partial charge in [-0.1, -0.05) is 13.3 Å². The molecule has 1 saturated carbocycles. The molecule has 1 fully saturated rings. The highest BCUT2D eigenvalue weighted by Gasteiger charge is 2.37. The predicted octanol–water partition coefficient (Wildman–Crippen LogP) is 0.886. The Morgan fingerprint density at radius 1 is 1.41 bits per heavy atom. The van der Waals surface area contributed by atoms with Crippen LogP contribution < -0.4 is 5.32 Å². The molecule has 1 aliphatic rings. The Hall–Kier alpha value is -1.10. The maximum absolute atomic E-state index is 11.9. The lowest BCUT2D eigenvalue weighted by Gasteiger charge is -2.17. The van der Waals surface area contributed by atoms with E-state index in [1.807, 2.05) is 6.92 Å². The largest absolute Gasteiger partial charge is 0.481 e. The number of methoxy groups -OCH3 is 1. The van der Waals surface area contributed by atoms with Gasteiger partial charge in [0.2, 0.25) is 5.91 Å². The van der Waals surface area contributed by atoms with Gasteiger partial charge in [0.25, 0.3) is 0 Å². The first-order valence-corrected chi connectivity index (χ1v) is 6.05. The van der Waals surface area contributed by atoms with E-state index in [9.17, 15) is 9.59 Å². The summed E-state index contributed by atoms with van der Waals surface area (Å²) in [4.78, 5) is 22.8. The molecule has 3 atom stereocenters. The molecule has 2 N–H and O–H groups in total. The third-order valence-corrected chi connectivity index (χ3v) is 3.25. The van der Waals surface area contributed by atoms with E-state index in [-0.39, 0.29) is 17.7 Å². The number of carbonyl (C=O) groups is 2. The van der Waals surface area contributed by atoms with Crippen molar-refractivity contribution in [2.75, 3.05) is 20.3 Å². The molecule has 0 aromatic rings. The molecule has 0 radical (unpaired) electrons. The molecule has 0 heterocycles. The zero-order valence-corrected chi connectivity index (χ0v) is 10.4. The fourth-order valence-electron chi connectivity index (χ4n) is 2.32. The molecule has 0 bridgehead atoms. The fraction of sp³-hybridized carbons (Fsp3) is 0.833. The Kier molecular flexibility index (Phi) is 5.41. The molecule has 0 aromatic heterocycles. The van der Waals surface area contributed by atoms with Crippen LogP contribution in [0.1, 0.15) is 26.2 Å². The summed E-state index contributed by atoms with van der Waals surface area (Å²) < 4.78 is 4.98. The SMILES string of the molecule is COCC(C)CNC(=O)[C@@H]1CCC[C@@H]1C(=O)O. The van der Waals surface area contributed by atoms with Crippen molar-refractivity contribution in [2.45, 2.75) is 26.2 Å². The smallest absolute Gasteiger partial charge is 0.307 e. The number of carboxylic acid groups (broad SMARTS) is 1. The Bertz CT molecular complexity index is 280. The maximum atomic E-state index is 11.9. The van der Waals surface area contributed by atoms with Crippen LogP contribution in [0.25, 0.3) is 0 Å². The lowest BCUT2D eigenvalue weighted by Crippen LogP contribution is -2.38. The minimum absolute atomic E-state index is 0.127. The highest BCUT2D eigenvalue weighted by Crippen LogP contribution is 2.31. The van der Waals surface area contributed by atoms with Crippen molar-refractivity contribution in [1.82, 2.24) is 5.32 Å². The van der Waals surface area contributed by atoms with Crippen LogP contribution >= 0.6 is 0 Å². The van der Waals surface area contributed by atoms with E-state index in [4.69, 9.17) is 9.84 Å². The number of amides is 1. The lowest BCUT2D eigenvalue weighted by atomic mass is 9.95. The molecular formula is C12H21NO4. The van der Waals surface area contributed by atoms with Gasteiger partial charge in [-0.25, -0.2) is 0 Å². The molecule has 1 unspecified atom stereocenters. The number of carbonyl (C=O) groups excluding carboxylic acids is 1. The van der Waals surface area contributed by atoms with Crippen molar-refractivity contribution in [3.63, 3.8) is 0 Å². The van der Waals surface area contributed by atoms with Gasteiger partial charge >= 0.3 is 5.97 Å². The second-order valence-corrected chi connectivity index (χ2v) is 4.79. The average molecular weight is 243 g/mol. The van der Waals surface area contributed by atoms with Gasteiger partial charge in [-0.15, -0.1) is 0 Å². The maximum Gasteiger partial charge on any atom is 0.307 e. The molecule has 5 nitrogen and oxygen atoms in total. The minimum atomic E-state index is -0.854. The van der Waals surface area contributed by atoms with E-state index < -0.39 is 11.9 Å². The first-order chi connectivity index (χ1) is 8.06. The van der Waals surface area contributed by atoms with Gasteiger partial charge in [-0.2, -0.15) is 0 Å². The Balaban J connectivity index is 2.39. The number of nitrogens with one attached hydrogen (secondary N) is 1. The molecule has 1 amide bonds. The second-order valence-electron chi connectivity index (χ2n) is 4.79. The van der Waals surface area contributed by atoms with Crippen LogP contribution in [-0.2, 0) is 14.3 Å². The van der Waals surface area contributed by atoms with E-state index in [0.29, 0.717) is 26.0 Å². The zero-order valence-electron chi connectivity index (χ0n) is 10.4. The molecule has 1 aliphatic carbocycles. The van der Waals surface area contributed by atoms with Gasteiger partial charge in [0.05, 0.1) is 18.4 Å². The summed E-state index contributed by atoms with van der Waals surface area (Å²) in [5, 5.41) is 11.8. The van der Waals surface area contributed by atoms with Crippen LogP contribution in [0.2, 0.25) is 0 Å². The number of rotatable bonds is 6. The highest BCUT2D eigenvalue weighted by molar-refractivity contribution is 5.85. The van der Waals surface area contributed by atoms with Gasteiger partial charge in [-0.3, -0.25) is 9.59 Å². The number of ether oxygens (including phenoxy) is 1. The van der Waals surface area contributed by atoms with Gasteiger partial charge in [0, 0.05) is 13.7 Å². The van der Waals surface area contributed by atoms with Gasteiger partial charge in [0.1, 0.15) is 0 Å². The Morgan fingerprint density at radius 3 is 2.65 bits per heavy atom. The van der Waals surface area contributed by atoms with Crippen LogP contribution in [-0.4, -0.2) is 37.2 Å². The lowest BCUT2D eigenvalue weighted by molar-refractivity contribution is -0.146. The van der Waals surface area contributed by atoms with E-state index in [2.05, 4.69) is 5.32 Å². The van der Waals surface area contributed by atoms with E-state index in [0.717, 1.165) is 6.42 Å². The molecule has 0 aromatic carbocycles. The van der Waals surface area contributed by atoms with Crippen LogP contribution in [0.15, 0.2) is 0 Å². The summed E-state index contributed by atoms with van der Waals surface area (Å²) in [6.45, 7) is 3.11. The molecule has 5 heteroatoms. The fourth-order valence-corrected chi connectivity index (χ4v) is 2.32. The van der Waals surface area contributed by atoms with Crippen molar-refractivity contribution in [3.8, 4) is 0 Å². The molecule has 17 heavy (non-hydrogen) atoms. The van der Waals surface area contributed by atoms with Crippen molar-refractivity contribution in [2.24, 2.45) is 17.8 Å². The van der Waals surface area contributed by atoms with Crippen LogP contribution in [0.3, 0.4) is 0 Å². The van der Waals surface area contributed by atoms with Crippen molar-refractivity contribution >= 4 is 11.9 Å². The number of aliphatic carboxylic acids is 1. The molecule has 0 spiro atoms. The predicted molar refractivity (Wildman–Crippen MR) is 62.5 cm³/mol. The van der Waals surface area contributed by atoms with Gasteiger partial charge < -0.3 is 15.2 Å². The van der Waals surface area contributed by atoms with Crippen LogP contribution in [0, 0.1) is 17.8 Å². The first-order valence-electron chi connectivity index (χ1n) is 6.05. The van der Waals surface area contributed by atoms with Crippen molar-refractivity contribution in [3.05, 3.63) is 0 Å². The summed E-state index contributed by atoms with van der Waals surface area (Å²) >= 11 is 0. The van der Waals surface area contributed by atoms with Gasteiger partial charge in [-0.05, 0) is 18.8 Å². The summed E-state index contributed by atoms with van der Waals surface area (Å²) in [7, 11) is 1.62. The zero-order chi connectivity index (χ0) is 12.8. The second kappa shape index (κ2) is 6.59. The molecule has 0 aliphatic heterocycles. The van der Waals surface area contributed by atoms with Crippen LogP contribution in [0.5, 0.6) is 0 Å². The monoisotopic (exact) mass is 243 g/mol. The molecular weight excluding hydrogens is 222 g/mol. The number of carboxylic acids is 1. The van der Waals surface area contributed by atoms with Crippen molar-refractivity contribution < 1.29 is 19.4 Å². The standard InChI is InChI=1S/C12H21NO4/c1-8(7-17-2)6-13-11(14)9-4-3-5-10(9)12(15)16/h8-10H,3-7H2,1-2H3,(H,13,14)(H,15,16)/t8?,9-,10+/m1/s1. The third-order valence-electron chi connectivity index (χ3n) is 3.25. The van der Waals surface area contributed by atoms with Gasteiger partial charge in [0.15, 0.2) is 0 Å². The van der Waals surface area contributed by atoms with E-state index in [1.165, 1.54) is 0 Å². The Morgan fingerprint density at radius 2 is 2.06 bits per heavy atom. The number of hydrogen-bond donors (Lipinski definition) is 2. The quantitative estimate of drug-likeness (QED) is 0.726. The molecule has 1 rings (SSSR count). The summed E-state index contributed by atoms with van der Waals surface area (Å²) in [5.41, 5.74) is 0. The normalized spacial score (nSPS) is 25.5. The summed E-state index contributed by atoms with van der Waals surface area (Å²) in [6, 6.07) is 0. The van der Waals surface area contributed by atoms with Crippen LogP contribution in [0.4, 0.5) is 0 Å².